The maximum atomic E-state index is 12.0. The smallest absolute Gasteiger partial charge is 0.351 e. The van der Waals surface area contributed by atoms with Gasteiger partial charge >= 0.3 is 13.9 Å². The number of quaternary nitrogens is 1. The van der Waals surface area contributed by atoms with Crippen LogP contribution in [-0.2, 0) is 13.6 Å². The van der Waals surface area contributed by atoms with Crippen LogP contribution in [0.1, 0.15) is 111 Å². The summed E-state index contributed by atoms with van der Waals surface area (Å²) in [6.07, 6.45) is 17.9. The van der Waals surface area contributed by atoms with Gasteiger partial charge in [-0.05, 0) is 18.3 Å². The molecule has 0 aliphatic carbocycles. The molecule has 37 heavy (non-hydrogen) atoms. The molecule has 0 fully saturated rings. The van der Waals surface area contributed by atoms with Gasteiger partial charge in [-0.25, -0.2) is 9.36 Å². The van der Waals surface area contributed by atoms with Gasteiger partial charge in [0.1, 0.15) is 13.2 Å². The Hall–Kier alpha value is -0.660. The molecule has 222 valence electrons. The predicted molar refractivity (Wildman–Crippen MR) is 154 cm³/mol. The molecule has 0 saturated heterocycles. The number of carbonyl (C=O) groups is 1. The topological polar surface area (TPSA) is 102 Å². The van der Waals surface area contributed by atoms with Gasteiger partial charge in [0.15, 0.2) is 0 Å². The average Bonchev–Trinajstić information content (AvgIpc) is 2.78. The van der Waals surface area contributed by atoms with Gasteiger partial charge in [0.25, 0.3) is 0 Å². The monoisotopic (exact) mass is 550 g/mol. The van der Waals surface area contributed by atoms with Crippen LogP contribution in [0.5, 0.6) is 0 Å². The highest BCUT2D eigenvalue weighted by Gasteiger charge is 2.23. The van der Waals surface area contributed by atoms with Crippen molar-refractivity contribution in [1.29, 1.82) is 0 Å². The molecule has 3 N–H and O–H groups in total. The molecule has 0 bridgehead atoms. The quantitative estimate of drug-likeness (QED) is 0.0727. The van der Waals surface area contributed by atoms with E-state index in [4.69, 9.17) is 14.8 Å². The number of phosphoric ester groups is 1. The van der Waals surface area contributed by atoms with Gasteiger partial charge in [-0.3, -0.25) is 9.05 Å². The number of hydrogen-bond donors (Lipinski definition) is 2. The standard InChI is InChI=1S/C28H60N3O5P/c1-7-27(19-17-15-13-11-9-8-10-12-14-16-18-26(2)3)20-21-30(28(29)32)22-24-35-37(33,34)36-25-23-31(4,5)6/h26-27H,7-25H2,1-6H3,(H2-,29,32,33,34)/p+1. The fourth-order valence-electron chi connectivity index (χ4n) is 4.36. The molecular formula is C28H61N3O5P+. The number of phosphoric acid groups is 1. The van der Waals surface area contributed by atoms with Crippen molar-refractivity contribution in [3.8, 4) is 0 Å². The van der Waals surface area contributed by atoms with Crippen molar-refractivity contribution < 1.29 is 27.8 Å². The zero-order valence-corrected chi connectivity index (χ0v) is 26.0. The molecule has 2 atom stereocenters. The maximum Gasteiger partial charge on any atom is 0.472 e. The largest absolute Gasteiger partial charge is 0.472 e. The van der Waals surface area contributed by atoms with Crippen LogP contribution in [0.4, 0.5) is 4.79 Å². The van der Waals surface area contributed by atoms with Crippen molar-refractivity contribution in [3.63, 3.8) is 0 Å². The van der Waals surface area contributed by atoms with Crippen LogP contribution in [-0.4, -0.2) is 74.3 Å². The fourth-order valence-corrected chi connectivity index (χ4v) is 5.06. The molecule has 0 aliphatic heterocycles. The van der Waals surface area contributed by atoms with E-state index in [0.717, 1.165) is 18.8 Å². The van der Waals surface area contributed by atoms with E-state index >= 15 is 0 Å². The molecule has 0 heterocycles. The van der Waals surface area contributed by atoms with Crippen molar-refractivity contribution in [2.45, 2.75) is 111 Å². The first-order valence-electron chi connectivity index (χ1n) is 14.8. The fraction of sp³-hybridized carbons (Fsp3) is 0.964. The van der Waals surface area contributed by atoms with Crippen molar-refractivity contribution in [2.24, 2.45) is 17.6 Å². The molecular weight excluding hydrogens is 489 g/mol. The van der Waals surface area contributed by atoms with Gasteiger partial charge in [-0.15, -0.1) is 0 Å². The van der Waals surface area contributed by atoms with Gasteiger partial charge in [0.05, 0.1) is 27.7 Å². The first-order valence-corrected chi connectivity index (χ1v) is 16.3. The number of unbranched alkanes of at least 4 members (excludes halogenated alkanes) is 9. The highest BCUT2D eigenvalue weighted by molar-refractivity contribution is 7.47. The van der Waals surface area contributed by atoms with Crippen molar-refractivity contribution in [3.05, 3.63) is 0 Å². The third-order valence-corrected chi connectivity index (χ3v) is 7.99. The number of primary amides is 1. The van der Waals surface area contributed by atoms with Crippen LogP contribution in [0.2, 0.25) is 0 Å². The first kappa shape index (κ1) is 36.3. The summed E-state index contributed by atoms with van der Waals surface area (Å²) in [6.45, 7) is 8.13. The third-order valence-electron chi connectivity index (χ3n) is 6.97. The molecule has 0 aromatic heterocycles. The van der Waals surface area contributed by atoms with Crippen LogP contribution >= 0.6 is 7.82 Å². The Morgan fingerprint density at radius 2 is 1.32 bits per heavy atom. The van der Waals surface area contributed by atoms with E-state index in [1.807, 2.05) is 21.1 Å². The minimum atomic E-state index is -4.14. The molecule has 9 heteroatoms. The molecule has 0 radical (unpaired) electrons. The number of nitrogens with zero attached hydrogens (tertiary/aromatic N) is 2. The van der Waals surface area contributed by atoms with E-state index in [-0.39, 0.29) is 19.8 Å². The number of likely N-dealkylation sites (N-methyl/N-ethyl adjacent to an activating group) is 1. The number of hydrogen-bond acceptors (Lipinski definition) is 4. The highest BCUT2D eigenvalue weighted by Crippen LogP contribution is 2.42. The number of carbonyl (C=O) groups excluding carboxylic acids is 1. The zero-order chi connectivity index (χ0) is 28.2. The summed E-state index contributed by atoms with van der Waals surface area (Å²) < 4.78 is 22.7. The second-order valence-electron chi connectivity index (χ2n) is 12.0. The van der Waals surface area contributed by atoms with Crippen LogP contribution in [0.25, 0.3) is 0 Å². The molecule has 2 unspecified atom stereocenters. The molecule has 0 aliphatic rings. The van der Waals surface area contributed by atoms with E-state index in [2.05, 4.69) is 20.8 Å². The summed E-state index contributed by atoms with van der Waals surface area (Å²) in [7, 11) is 1.78. The number of amides is 2. The summed E-state index contributed by atoms with van der Waals surface area (Å²) in [4.78, 5) is 23.2. The lowest BCUT2D eigenvalue weighted by Crippen LogP contribution is -2.39. The SMILES string of the molecule is CCC(CCCCCCCCCCCCC(C)C)CCN(CCOP(=O)(O)OCC[N+](C)(C)C)C(N)=O. The minimum Gasteiger partial charge on any atom is -0.351 e. The molecule has 2 amide bonds. The Morgan fingerprint density at radius 3 is 1.78 bits per heavy atom. The summed E-state index contributed by atoms with van der Waals surface area (Å²) >= 11 is 0. The van der Waals surface area contributed by atoms with Gasteiger partial charge in [0.2, 0.25) is 0 Å². The molecule has 0 spiro atoms. The second kappa shape index (κ2) is 21.2. The van der Waals surface area contributed by atoms with E-state index in [1.165, 1.54) is 81.9 Å². The molecule has 0 saturated carbocycles. The zero-order valence-electron chi connectivity index (χ0n) is 25.1. The minimum absolute atomic E-state index is 0.0875. The normalized spacial score (nSPS) is 14.6. The number of rotatable bonds is 25. The van der Waals surface area contributed by atoms with E-state index < -0.39 is 13.9 Å². The predicted octanol–water partition coefficient (Wildman–Crippen LogP) is 6.96. The van der Waals surface area contributed by atoms with Gasteiger partial charge in [-0.2, -0.15) is 0 Å². The molecule has 0 aromatic carbocycles. The summed E-state index contributed by atoms with van der Waals surface area (Å²) in [5.41, 5.74) is 5.53. The third kappa shape index (κ3) is 24.1. The summed E-state index contributed by atoms with van der Waals surface area (Å²) in [5, 5.41) is 0. The number of nitrogens with two attached hydrogens (primary N) is 1. The molecule has 8 nitrogen and oxygen atoms in total. The summed E-state index contributed by atoms with van der Waals surface area (Å²) in [6, 6.07) is -0.530. The Bertz CT molecular complexity index is 613. The number of urea groups is 1. The van der Waals surface area contributed by atoms with Gasteiger partial charge < -0.3 is 20.0 Å². The van der Waals surface area contributed by atoms with E-state index in [0.29, 0.717) is 23.5 Å². The van der Waals surface area contributed by atoms with Crippen LogP contribution in [0.15, 0.2) is 0 Å². The Balaban J connectivity index is 3.98. The maximum absolute atomic E-state index is 12.0. The molecule has 0 aromatic rings. The van der Waals surface area contributed by atoms with Crippen LogP contribution < -0.4 is 5.73 Å². The Labute approximate surface area is 228 Å². The molecule has 0 rings (SSSR count). The van der Waals surface area contributed by atoms with Crippen molar-refractivity contribution >= 4 is 13.9 Å². The second-order valence-corrected chi connectivity index (χ2v) is 13.5. The van der Waals surface area contributed by atoms with Gasteiger partial charge in [0, 0.05) is 13.1 Å². The van der Waals surface area contributed by atoms with Crippen LogP contribution in [0.3, 0.4) is 0 Å². The Kier molecular flexibility index (Phi) is 20.8. The average molecular weight is 551 g/mol. The Morgan fingerprint density at radius 1 is 0.838 bits per heavy atom. The van der Waals surface area contributed by atoms with Crippen LogP contribution in [0, 0.1) is 11.8 Å². The lowest BCUT2D eigenvalue weighted by molar-refractivity contribution is -0.870. The highest BCUT2D eigenvalue weighted by atomic mass is 31.2. The van der Waals surface area contributed by atoms with Crippen molar-refractivity contribution in [2.75, 3.05) is 54.0 Å². The van der Waals surface area contributed by atoms with E-state index in [1.54, 1.807) is 0 Å². The summed E-state index contributed by atoms with van der Waals surface area (Å²) in [5.74, 6) is 1.39. The van der Waals surface area contributed by atoms with Crippen molar-refractivity contribution in [1.82, 2.24) is 4.90 Å². The first-order chi connectivity index (χ1) is 17.4. The lowest BCUT2D eigenvalue weighted by Gasteiger charge is -2.25. The lowest BCUT2D eigenvalue weighted by atomic mass is 9.94. The van der Waals surface area contributed by atoms with Gasteiger partial charge in [-0.1, -0.05) is 104 Å². The van der Waals surface area contributed by atoms with E-state index in [9.17, 15) is 14.3 Å².